The fourth-order valence-corrected chi connectivity index (χ4v) is 4.05. The number of thioether (sulfide) groups is 1. The molecule has 2 aromatic rings. The van der Waals surface area contributed by atoms with E-state index >= 15 is 0 Å². The minimum absolute atomic E-state index is 0.165. The van der Waals surface area contributed by atoms with Gasteiger partial charge >= 0.3 is 0 Å². The topological polar surface area (TPSA) is 12.0 Å². The Kier molecular flexibility index (Phi) is 6.07. The van der Waals surface area contributed by atoms with Gasteiger partial charge < -0.3 is 5.32 Å². The summed E-state index contributed by atoms with van der Waals surface area (Å²) in [5.74, 6) is 0.779. The van der Waals surface area contributed by atoms with Crippen LogP contribution in [0.25, 0.3) is 0 Å². The number of likely N-dealkylation sites (N-methyl/N-ethyl adjacent to an activating group) is 1. The third-order valence-electron chi connectivity index (χ3n) is 3.17. The molecule has 0 aliphatic carbocycles. The van der Waals surface area contributed by atoms with Crippen LogP contribution in [-0.2, 0) is 12.8 Å². The second kappa shape index (κ2) is 7.81. The highest BCUT2D eigenvalue weighted by Crippen LogP contribution is 2.23. The molecule has 1 unspecified atom stereocenters. The molecule has 1 nitrogen and oxygen atoms in total. The average Bonchev–Trinajstić information content (AvgIpc) is 2.91. The Balaban J connectivity index is 1.89. The van der Waals surface area contributed by atoms with Gasteiger partial charge in [-0.25, -0.2) is 4.39 Å². The van der Waals surface area contributed by atoms with Gasteiger partial charge in [-0.1, -0.05) is 13.0 Å². The average molecular weight is 309 g/mol. The van der Waals surface area contributed by atoms with Crippen molar-refractivity contribution < 1.29 is 4.39 Å². The SMILES string of the molecule is CCc1ccc(CC(CSc2cccc(F)c2)NC)s1. The summed E-state index contributed by atoms with van der Waals surface area (Å²) in [4.78, 5) is 3.85. The summed E-state index contributed by atoms with van der Waals surface area (Å²) in [6.45, 7) is 2.19. The summed E-state index contributed by atoms with van der Waals surface area (Å²) >= 11 is 3.59. The van der Waals surface area contributed by atoms with Crippen molar-refractivity contribution in [3.05, 3.63) is 52.0 Å². The maximum atomic E-state index is 13.1. The summed E-state index contributed by atoms with van der Waals surface area (Å²) in [7, 11) is 1.99. The maximum Gasteiger partial charge on any atom is 0.124 e. The van der Waals surface area contributed by atoms with Crippen LogP contribution < -0.4 is 5.32 Å². The fourth-order valence-electron chi connectivity index (χ4n) is 1.96. The van der Waals surface area contributed by atoms with E-state index in [1.807, 2.05) is 24.5 Å². The van der Waals surface area contributed by atoms with Crippen LogP contribution in [0.1, 0.15) is 16.7 Å². The van der Waals surface area contributed by atoms with Crippen LogP contribution in [0.3, 0.4) is 0 Å². The Labute approximate surface area is 128 Å². The molecule has 108 valence electrons. The zero-order valence-electron chi connectivity index (χ0n) is 11.9. The lowest BCUT2D eigenvalue weighted by Crippen LogP contribution is -2.29. The van der Waals surface area contributed by atoms with E-state index < -0.39 is 0 Å². The van der Waals surface area contributed by atoms with E-state index in [4.69, 9.17) is 0 Å². The smallest absolute Gasteiger partial charge is 0.124 e. The summed E-state index contributed by atoms with van der Waals surface area (Å²) < 4.78 is 13.1. The van der Waals surface area contributed by atoms with Crippen molar-refractivity contribution in [1.82, 2.24) is 5.32 Å². The third kappa shape index (κ3) is 4.62. The Morgan fingerprint density at radius 3 is 2.70 bits per heavy atom. The molecule has 0 saturated carbocycles. The molecule has 2 rings (SSSR count). The van der Waals surface area contributed by atoms with Gasteiger partial charge in [0.25, 0.3) is 0 Å². The van der Waals surface area contributed by atoms with Gasteiger partial charge in [0.1, 0.15) is 5.82 Å². The van der Waals surface area contributed by atoms with Gasteiger partial charge in [0.15, 0.2) is 0 Å². The Bertz CT molecular complexity index is 539. The highest BCUT2D eigenvalue weighted by atomic mass is 32.2. The van der Waals surface area contributed by atoms with Crippen molar-refractivity contribution in [2.24, 2.45) is 0 Å². The molecule has 1 aromatic carbocycles. The summed E-state index contributed by atoms with van der Waals surface area (Å²) in [5.41, 5.74) is 0. The minimum atomic E-state index is -0.165. The van der Waals surface area contributed by atoms with Gasteiger partial charge in [0.2, 0.25) is 0 Å². The Morgan fingerprint density at radius 2 is 2.05 bits per heavy atom. The quantitative estimate of drug-likeness (QED) is 0.762. The largest absolute Gasteiger partial charge is 0.316 e. The molecule has 1 aromatic heterocycles. The maximum absolute atomic E-state index is 13.1. The molecular formula is C16H20FNS2. The molecule has 4 heteroatoms. The first kappa shape index (κ1) is 15.5. The molecule has 0 aliphatic rings. The number of thiophene rings is 1. The van der Waals surface area contributed by atoms with E-state index in [2.05, 4.69) is 24.4 Å². The van der Waals surface area contributed by atoms with Gasteiger partial charge in [-0.2, -0.15) is 0 Å². The Hall–Kier alpha value is -0.840. The van der Waals surface area contributed by atoms with Crippen LogP contribution >= 0.6 is 23.1 Å². The fraction of sp³-hybridized carbons (Fsp3) is 0.375. The van der Waals surface area contributed by atoms with Gasteiger partial charge in [-0.15, -0.1) is 23.1 Å². The molecule has 0 amide bonds. The highest BCUT2D eigenvalue weighted by molar-refractivity contribution is 7.99. The number of hydrogen-bond acceptors (Lipinski definition) is 3. The minimum Gasteiger partial charge on any atom is -0.316 e. The molecule has 20 heavy (non-hydrogen) atoms. The zero-order chi connectivity index (χ0) is 14.4. The molecule has 0 bridgehead atoms. The summed E-state index contributed by atoms with van der Waals surface area (Å²) in [5, 5.41) is 3.35. The van der Waals surface area contributed by atoms with Crippen molar-refractivity contribution in [2.75, 3.05) is 12.8 Å². The van der Waals surface area contributed by atoms with E-state index in [9.17, 15) is 4.39 Å². The van der Waals surface area contributed by atoms with E-state index in [-0.39, 0.29) is 5.82 Å². The lowest BCUT2D eigenvalue weighted by molar-refractivity contribution is 0.619. The van der Waals surface area contributed by atoms with Gasteiger partial charge in [-0.05, 0) is 50.2 Å². The first-order chi connectivity index (χ1) is 9.71. The molecule has 1 atom stereocenters. The van der Waals surface area contributed by atoms with Crippen molar-refractivity contribution in [3.8, 4) is 0 Å². The number of nitrogens with one attached hydrogen (secondary N) is 1. The van der Waals surface area contributed by atoms with Crippen molar-refractivity contribution in [1.29, 1.82) is 0 Å². The molecule has 1 heterocycles. The van der Waals surface area contributed by atoms with Gasteiger partial charge in [0, 0.05) is 26.4 Å². The third-order valence-corrected chi connectivity index (χ3v) is 5.58. The van der Waals surface area contributed by atoms with Crippen molar-refractivity contribution >= 4 is 23.1 Å². The van der Waals surface area contributed by atoms with E-state index in [0.717, 1.165) is 23.5 Å². The first-order valence-electron chi connectivity index (χ1n) is 6.84. The number of hydrogen-bond donors (Lipinski definition) is 1. The molecule has 0 fully saturated rings. The molecule has 0 aliphatic heterocycles. The lowest BCUT2D eigenvalue weighted by atomic mass is 10.2. The van der Waals surface area contributed by atoms with Crippen LogP contribution in [0.4, 0.5) is 4.39 Å². The number of benzene rings is 1. The predicted octanol–water partition coefficient (Wildman–Crippen LogP) is 4.37. The van der Waals surface area contributed by atoms with Crippen LogP contribution in [0.5, 0.6) is 0 Å². The lowest BCUT2D eigenvalue weighted by Gasteiger charge is -2.14. The van der Waals surface area contributed by atoms with Crippen molar-refractivity contribution in [2.45, 2.75) is 30.7 Å². The van der Waals surface area contributed by atoms with Crippen LogP contribution in [0.2, 0.25) is 0 Å². The molecule has 0 saturated heterocycles. The van der Waals surface area contributed by atoms with Gasteiger partial charge in [-0.3, -0.25) is 0 Å². The van der Waals surface area contributed by atoms with E-state index in [1.54, 1.807) is 23.9 Å². The van der Waals surface area contributed by atoms with Crippen molar-refractivity contribution in [3.63, 3.8) is 0 Å². The molecule has 0 spiro atoms. The summed E-state index contributed by atoms with van der Waals surface area (Å²) in [6, 6.07) is 11.6. The second-order valence-electron chi connectivity index (χ2n) is 4.68. The van der Waals surface area contributed by atoms with Crippen LogP contribution in [0, 0.1) is 5.82 Å². The number of rotatable bonds is 7. The molecule has 0 radical (unpaired) electrons. The number of halogens is 1. The predicted molar refractivity (Wildman–Crippen MR) is 87.4 cm³/mol. The van der Waals surface area contributed by atoms with Crippen LogP contribution in [0.15, 0.2) is 41.3 Å². The molecule has 1 N–H and O–H groups in total. The van der Waals surface area contributed by atoms with Crippen LogP contribution in [-0.4, -0.2) is 18.8 Å². The van der Waals surface area contributed by atoms with E-state index in [0.29, 0.717) is 6.04 Å². The zero-order valence-corrected chi connectivity index (χ0v) is 13.5. The number of aryl methyl sites for hydroxylation is 1. The Morgan fingerprint density at radius 1 is 1.25 bits per heavy atom. The normalized spacial score (nSPS) is 12.6. The second-order valence-corrected chi connectivity index (χ2v) is 7.03. The highest BCUT2D eigenvalue weighted by Gasteiger charge is 2.10. The first-order valence-corrected chi connectivity index (χ1v) is 8.64. The standard InChI is InChI=1S/C16H20FNS2/c1-3-14-7-8-16(20-14)10-13(18-2)11-19-15-6-4-5-12(17)9-15/h4-9,13,18H,3,10-11H2,1-2H3. The van der Waals surface area contributed by atoms with E-state index in [1.165, 1.54) is 15.8 Å². The monoisotopic (exact) mass is 309 g/mol. The van der Waals surface area contributed by atoms with Gasteiger partial charge in [0.05, 0.1) is 0 Å². The summed E-state index contributed by atoms with van der Waals surface area (Å²) in [6.07, 6.45) is 2.14. The molecular weight excluding hydrogens is 289 g/mol.